The van der Waals surface area contributed by atoms with E-state index < -0.39 is 0 Å². The zero-order chi connectivity index (χ0) is 21.5. The third-order valence-electron chi connectivity index (χ3n) is 7.26. The van der Waals surface area contributed by atoms with E-state index in [4.69, 9.17) is 4.74 Å². The van der Waals surface area contributed by atoms with E-state index in [1.54, 1.807) is 0 Å². The standard InChI is InChI=1S/C26H37NO3/c1-5-6-7-8-18-14-21-23(24(28)22(18)25(29)27-15-17-10-11-17)19-13-16(2)9-12-20(19)26(3,4)30-21/h13-14,17,19-20,28H,5-12,15H2,1-4H3,(H,27,29)/t19-,20-/m1/s1. The second kappa shape index (κ2) is 8.28. The number of aryl methyl sites for hydroxylation is 1. The van der Waals surface area contributed by atoms with Gasteiger partial charge in [0, 0.05) is 23.9 Å². The Bertz CT molecular complexity index is 850. The van der Waals surface area contributed by atoms with E-state index in [9.17, 15) is 9.90 Å². The van der Waals surface area contributed by atoms with Crippen LogP contribution in [0, 0.1) is 11.8 Å². The van der Waals surface area contributed by atoms with Gasteiger partial charge in [0.25, 0.3) is 5.91 Å². The molecule has 4 rings (SSSR count). The van der Waals surface area contributed by atoms with Crippen molar-refractivity contribution in [2.24, 2.45) is 11.8 Å². The maximum absolute atomic E-state index is 13.2. The quantitative estimate of drug-likeness (QED) is 0.435. The van der Waals surface area contributed by atoms with Gasteiger partial charge in [0.2, 0.25) is 0 Å². The van der Waals surface area contributed by atoms with Crippen LogP contribution in [-0.4, -0.2) is 23.2 Å². The molecule has 2 aliphatic carbocycles. The number of carbonyl (C=O) groups is 1. The molecule has 0 spiro atoms. The van der Waals surface area contributed by atoms with Gasteiger partial charge in [-0.2, -0.15) is 0 Å². The fourth-order valence-electron chi connectivity index (χ4n) is 5.27. The molecule has 1 amide bonds. The smallest absolute Gasteiger partial charge is 0.255 e. The average Bonchev–Trinajstić information content (AvgIpc) is 3.50. The Morgan fingerprint density at radius 1 is 1.27 bits per heavy atom. The van der Waals surface area contributed by atoms with Gasteiger partial charge in [0.1, 0.15) is 17.1 Å². The van der Waals surface area contributed by atoms with E-state index >= 15 is 0 Å². The molecule has 2 N–H and O–H groups in total. The van der Waals surface area contributed by atoms with Crippen LogP contribution in [0.5, 0.6) is 11.5 Å². The SMILES string of the molecule is CCCCCc1cc2c(c(O)c1C(=O)NCC1CC1)[C@@H]1C=C(C)CC[C@H]1C(C)(C)O2. The summed E-state index contributed by atoms with van der Waals surface area (Å²) in [7, 11) is 0. The molecule has 3 aliphatic rings. The topological polar surface area (TPSA) is 58.6 Å². The number of hydrogen-bond acceptors (Lipinski definition) is 3. The van der Waals surface area contributed by atoms with Crippen LogP contribution >= 0.6 is 0 Å². The monoisotopic (exact) mass is 411 g/mol. The third-order valence-corrected chi connectivity index (χ3v) is 7.26. The summed E-state index contributed by atoms with van der Waals surface area (Å²) in [6, 6.07) is 2.05. The van der Waals surface area contributed by atoms with Crippen molar-refractivity contribution >= 4 is 5.91 Å². The molecule has 1 fully saturated rings. The Morgan fingerprint density at radius 2 is 2.03 bits per heavy atom. The van der Waals surface area contributed by atoms with Crippen molar-refractivity contribution in [3.05, 3.63) is 34.4 Å². The highest BCUT2D eigenvalue weighted by atomic mass is 16.5. The largest absolute Gasteiger partial charge is 0.507 e. The molecule has 1 aromatic rings. The van der Waals surface area contributed by atoms with Crippen LogP contribution in [0.25, 0.3) is 0 Å². The van der Waals surface area contributed by atoms with E-state index in [0.29, 0.717) is 23.9 Å². The number of ether oxygens (including phenoxy) is 1. The number of fused-ring (bicyclic) bond motifs is 3. The van der Waals surface area contributed by atoms with Crippen LogP contribution in [0.3, 0.4) is 0 Å². The molecule has 164 valence electrons. The molecule has 30 heavy (non-hydrogen) atoms. The summed E-state index contributed by atoms with van der Waals surface area (Å²) in [5, 5.41) is 14.5. The first kappa shape index (κ1) is 21.3. The number of rotatable bonds is 7. The minimum absolute atomic E-state index is 0.0946. The average molecular weight is 412 g/mol. The fraction of sp³-hybridized carbons (Fsp3) is 0.654. The molecule has 1 heterocycles. The summed E-state index contributed by atoms with van der Waals surface area (Å²) in [5.41, 5.74) is 3.26. The van der Waals surface area contributed by atoms with E-state index in [1.165, 1.54) is 18.4 Å². The van der Waals surface area contributed by atoms with Gasteiger partial charge in [-0.1, -0.05) is 31.4 Å². The van der Waals surface area contributed by atoms with Gasteiger partial charge < -0.3 is 15.2 Å². The molecule has 1 aromatic carbocycles. The molecular formula is C26H37NO3. The summed E-state index contributed by atoms with van der Waals surface area (Å²) in [6.07, 6.45) is 10.8. The van der Waals surface area contributed by atoms with E-state index in [2.05, 4.69) is 39.1 Å². The molecule has 2 atom stereocenters. The van der Waals surface area contributed by atoms with E-state index in [1.807, 2.05) is 6.07 Å². The highest BCUT2D eigenvalue weighted by Crippen LogP contribution is 2.54. The number of amides is 1. The number of benzene rings is 1. The first-order valence-electron chi connectivity index (χ1n) is 11.8. The van der Waals surface area contributed by atoms with Gasteiger partial charge in [0.15, 0.2) is 0 Å². The number of allylic oxidation sites excluding steroid dienone is 2. The highest BCUT2D eigenvalue weighted by molar-refractivity contribution is 5.99. The van der Waals surface area contributed by atoms with Crippen LogP contribution in [0.1, 0.15) is 100 Å². The minimum Gasteiger partial charge on any atom is -0.507 e. The van der Waals surface area contributed by atoms with Crippen molar-refractivity contribution in [1.29, 1.82) is 0 Å². The molecule has 4 nitrogen and oxygen atoms in total. The molecule has 1 aliphatic heterocycles. The molecule has 0 saturated heterocycles. The molecule has 4 heteroatoms. The van der Waals surface area contributed by atoms with Gasteiger partial charge in [-0.3, -0.25) is 4.79 Å². The van der Waals surface area contributed by atoms with Crippen molar-refractivity contribution in [2.45, 2.75) is 90.6 Å². The van der Waals surface area contributed by atoms with Crippen molar-refractivity contribution < 1.29 is 14.6 Å². The van der Waals surface area contributed by atoms with Crippen molar-refractivity contribution in [1.82, 2.24) is 5.32 Å². The number of unbranched alkanes of at least 4 members (excludes halogenated alkanes) is 2. The summed E-state index contributed by atoms with van der Waals surface area (Å²) in [5.74, 6) is 1.77. The molecule has 1 saturated carbocycles. The van der Waals surface area contributed by atoms with Crippen LogP contribution < -0.4 is 10.1 Å². The lowest BCUT2D eigenvalue weighted by atomic mass is 9.67. The summed E-state index contributed by atoms with van der Waals surface area (Å²) in [6.45, 7) is 9.37. The molecule has 0 unspecified atom stereocenters. The Balaban J connectivity index is 1.77. The van der Waals surface area contributed by atoms with Gasteiger partial charge >= 0.3 is 0 Å². The fourth-order valence-corrected chi connectivity index (χ4v) is 5.27. The number of nitrogens with one attached hydrogen (secondary N) is 1. The normalized spacial score (nSPS) is 24.3. The molecule has 0 radical (unpaired) electrons. The number of phenols is 1. The predicted molar refractivity (Wildman–Crippen MR) is 120 cm³/mol. The zero-order valence-corrected chi connectivity index (χ0v) is 19.0. The second-order valence-corrected chi connectivity index (χ2v) is 10.2. The van der Waals surface area contributed by atoms with Gasteiger partial charge in [0.05, 0.1) is 5.56 Å². The third kappa shape index (κ3) is 4.10. The molecule has 0 bridgehead atoms. The van der Waals surface area contributed by atoms with Gasteiger partial charge in [-0.25, -0.2) is 0 Å². The maximum Gasteiger partial charge on any atom is 0.255 e. The maximum atomic E-state index is 13.2. The van der Waals surface area contributed by atoms with Crippen LogP contribution in [0.4, 0.5) is 0 Å². The van der Waals surface area contributed by atoms with Crippen molar-refractivity contribution in [2.75, 3.05) is 6.54 Å². The summed E-state index contributed by atoms with van der Waals surface area (Å²) in [4.78, 5) is 13.2. The lowest BCUT2D eigenvalue weighted by Gasteiger charge is -2.46. The first-order valence-corrected chi connectivity index (χ1v) is 11.8. The number of phenolic OH excluding ortho intramolecular Hbond substituents is 1. The summed E-state index contributed by atoms with van der Waals surface area (Å²) >= 11 is 0. The van der Waals surface area contributed by atoms with Crippen molar-refractivity contribution in [3.8, 4) is 11.5 Å². The van der Waals surface area contributed by atoms with Crippen molar-refractivity contribution in [3.63, 3.8) is 0 Å². The van der Waals surface area contributed by atoms with Gasteiger partial charge in [-0.15, -0.1) is 0 Å². The molecular weight excluding hydrogens is 374 g/mol. The van der Waals surface area contributed by atoms with Crippen LogP contribution in [0.15, 0.2) is 17.7 Å². The lowest BCUT2D eigenvalue weighted by Crippen LogP contribution is -2.45. The van der Waals surface area contributed by atoms with Crippen LogP contribution in [0.2, 0.25) is 0 Å². The molecule has 0 aromatic heterocycles. The Labute approximate surface area is 181 Å². The lowest BCUT2D eigenvalue weighted by molar-refractivity contribution is 0.0107. The number of hydrogen-bond donors (Lipinski definition) is 2. The Kier molecular flexibility index (Phi) is 5.87. The van der Waals surface area contributed by atoms with Gasteiger partial charge in [-0.05, 0) is 76.8 Å². The van der Waals surface area contributed by atoms with E-state index in [0.717, 1.165) is 55.4 Å². The Morgan fingerprint density at radius 3 is 2.73 bits per heavy atom. The van der Waals surface area contributed by atoms with Crippen LogP contribution in [-0.2, 0) is 6.42 Å². The second-order valence-electron chi connectivity index (χ2n) is 10.2. The number of aromatic hydroxyl groups is 1. The minimum atomic E-state index is -0.294. The van der Waals surface area contributed by atoms with E-state index in [-0.39, 0.29) is 23.2 Å². The summed E-state index contributed by atoms with van der Waals surface area (Å²) < 4.78 is 6.47. The number of carbonyl (C=O) groups excluding carboxylic acids is 1. The first-order chi connectivity index (χ1) is 14.3. The zero-order valence-electron chi connectivity index (χ0n) is 19.0. The highest BCUT2D eigenvalue weighted by Gasteiger charge is 2.46. The Hall–Kier alpha value is -1.97. The predicted octanol–water partition coefficient (Wildman–Crippen LogP) is 5.88.